The fraction of sp³-hybridized carbons (Fsp3) is 0.167. The summed E-state index contributed by atoms with van der Waals surface area (Å²) in [6.07, 6.45) is 2.16. The number of hydrogen-bond donors (Lipinski definition) is 1. The molecule has 0 amide bonds. The van der Waals surface area contributed by atoms with Crippen LogP contribution in [0.3, 0.4) is 0 Å². The number of aromatic nitrogens is 4. The van der Waals surface area contributed by atoms with Crippen LogP contribution in [0.1, 0.15) is 28.3 Å². The van der Waals surface area contributed by atoms with Gasteiger partial charge in [-0.2, -0.15) is 4.68 Å². The van der Waals surface area contributed by atoms with E-state index < -0.39 is 0 Å². The molecule has 0 radical (unpaired) electrons. The molecule has 1 aliphatic heterocycles. The lowest BCUT2D eigenvalue weighted by molar-refractivity contribution is 0.585. The normalized spacial score (nSPS) is 16.3. The average molecular weight is 382 g/mol. The van der Waals surface area contributed by atoms with Gasteiger partial charge < -0.3 is 5.32 Å². The summed E-state index contributed by atoms with van der Waals surface area (Å²) in [4.78, 5) is 0. The number of fused-ring (bicyclic) bond motifs is 1. The van der Waals surface area contributed by atoms with Crippen LogP contribution in [-0.4, -0.2) is 20.2 Å². The maximum absolute atomic E-state index is 4.14. The fourth-order valence-electron chi connectivity index (χ4n) is 2.86. The van der Waals surface area contributed by atoms with Gasteiger partial charge in [0.15, 0.2) is 0 Å². The van der Waals surface area contributed by atoms with Gasteiger partial charge in [-0.3, -0.25) is 0 Å². The van der Waals surface area contributed by atoms with E-state index in [2.05, 4.69) is 87.0 Å². The van der Waals surface area contributed by atoms with E-state index in [0.29, 0.717) is 5.95 Å². The summed E-state index contributed by atoms with van der Waals surface area (Å²) in [7, 11) is 0. The minimum atomic E-state index is -0.0506. The molecular weight excluding hydrogens is 366 g/mol. The number of anilines is 1. The Morgan fingerprint density at radius 2 is 1.96 bits per heavy atom. The van der Waals surface area contributed by atoms with Crippen LogP contribution in [-0.2, 0) is 0 Å². The van der Waals surface area contributed by atoms with Gasteiger partial charge in [-0.05, 0) is 70.8 Å². The zero-order valence-electron chi connectivity index (χ0n) is 13.4. The summed E-state index contributed by atoms with van der Waals surface area (Å²) >= 11 is 3.54. The van der Waals surface area contributed by atoms with E-state index in [1.165, 1.54) is 11.1 Å². The molecule has 1 aromatic heterocycles. The van der Waals surface area contributed by atoms with Crippen molar-refractivity contribution in [3.05, 3.63) is 75.3 Å². The molecule has 2 heterocycles. The van der Waals surface area contributed by atoms with Gasteiger partial charge in [-0.25, -0.2) is 0 Å². The predicted octanol–water partition coefficient (Wildman–Crippen LogP) is 4.11. The minimum Gasteiger partial charge on any atom is -0.323 e. The Bertz CT molecular complexity index is 944. The molecule has 0 saturated carbocycles. The first-order valence-electron chi connectivity index (χ1n) is 7.71. The lowest BCUT2D eigenvalue weighted by atomic mass is 9.99. The number of tetrazole rings is 1. The quantitative estimate of drug-likeness (QED) is 0.725. The largest absolute Gasteiger partial charge is 0.323 e. The van der Waals surface area contributed by atoms with E-state index in [-0.39, 0.29) is 6.04 Å². The third-order valence-corrected chi connectivity index (χ3v) is 4.83. The van der Waals surface area contributed by atoms with Crippen LogP contribution in [0.4, 0.5) is 5.95 Å². The molecule has 0 saturated heterocycles. The van der Waals surface area contributed by atoms with Crippen LogP contribution in [0.2, 0.25) is 0 Å². The van der Waals surface area contributed by atoms with Gasteiger partial charge in [0.25, 0.3) is 0 Å². The van der Waals surface area contributed by atoms with Crippen LogP contribution in [0.5, 0.6) is 0 Å². The van der Waals surface area contributed by atoms with E-state index in [9.17, 15) is 0 Å². The van der Waals surface area contributed by atoms with Crippen molar-refractivity contribution in [2.24, 2.45) is 0 Å². The Morgan fingerprint density at radius 1 is 1.08 bits per heavy atom. The fourth-order valence-corrected chi connectivity index (χ4v) is 3.28. The highest BCUT2D eigenvalue weighted by Gasteiger charge is 2.24. The molecule has 0 unspecified atom stereocenters. The van der Waals surface area contributed by atoms with Gasteiger partial charge in [0, 0.05) is 10.2 Å². The topological polar surface area (TPSA) is 55.6 Å². The van der Waals surface area contributed by atoms with E-state index in [1.807, 2.05) is 12.1 Å². The van der Waals surface area contributed by atoms with Crippen molar-refractivity contribution in [2.75, 3.05) is 5.32 Å². The monoisotopic (exact) mass is 381 g/mol. The Morgan fingerprint density at radius 3 is 2.75 bits per heavy atom. The molecule has 6 heteroatoms. The molecule has 4 rings (SSSR count). The van der Waals surface area contributed by atoms with Crippen molar-refractivity contribution >= 4 is 27.6 Å². The summed E-state index contributed by atoms with van der Waals surface area (Å²) in [6, 6.07) is 14.6. The number of aryl methyl sites for hydroxylation is 2. The molecule has 0 spiro atoms. The maximum Gasteiger partial charge on any atom is 0.248 e. The lowest BCUT2D eigenvalue weighted by Crippen LogP contribution is -2.20. The first kappa shape index (κ1) is 15.1. The number of hydrogen-bond acceptors (Lipinski definition) is 4. The average Bonchev–Trinajstić information content (AvgIpc) is 3.05. The Labute approximate surface area is 148 Å². The molecule has 120 valence electrons. The summed E-state index contributed by atoms with van der Waals surface area (Å²) in [5, 5.41) is 15.4. The minimum absolute atomic E-state index is 0.0506. The van der Waals surface area contributed by atoms with Crippen molar-refractivity contribution in [3.63, 3.8) is 0 Å². The number of halogens is 1. The first-order valence-corrected chi connectivity index (χ1v) is 8.51. The van der Waals surface area contributed by atoms with Crippen molar-refractivity contribution < 1.29 is 0 Å². The highest BCUT2D eigenvalue weighted by atomic mass is 79.9. The highest BCUT2D eigenvalue weighted by Crippen LogP contribution is 2.32. The third-order valence-electron chi connectivity index (χ3n) is 4.34. The molecule has 1 atom stereocenters. The van der Waals surface area contributed by atoms with Gasteiger partial charge in [-0.1, -0.05) is 45.3 Å². The van der Waals surface area contributed by atoms with Crippen molar-refractivity contribution in [1.82, 2.24) is 20.2 Å². The SMILES string of the molecule is Cc1ccc(C2=C[C@H](c3cccc(Br)c3)n3nnnc3N2)cc1C. The first-order chi connectivity index (χ1) is 11.6. The molecule has 1 aliphatic rings. The summed E-state index contributed by atoms with van der Waals surface area (Å²) in [5.74, 6) is 0.649. The summed E-state index contributed by atoms with van der Waals surface area (Å²) < 4.78 is 2.83. The van der Waals surface area contributed by atoms with Crippen LogP contribution >= 0.6 is 15.9 Å². The van der Waals surface area contributed by atoms with E-state index >= 15 is 0 Å². The van der Waals surface area contributed by atoms with Crippen LogP contribution in [0.15, 0.2) is 53.0 Å². The maximum atomic E-state index is 4.14. The smallest absolute Gasteiger partial charge is 0.248 e. The molecule has 0 fully saturated rings. The molecule has 0 aliphatic carbocycles. The summed E-state index contributed by atoms with van der Waals surface area (Å²) in [6.45, 7) is 4.24. The van der Waals surface area contributed by atoms with Crippen LogP contribution < -0.4 is 5.32 Å². The zero-order valence-corrected chi connectivity index (χ0v) is 14.9. The molecular formula is C18H16BrN5. The Balaban J connectivity index is 1.82. The van der Waals surface area contributed by atoms with Crippen LogP contribution in [0, 0.1) is 13.8 Å². The van der Waals surface area contributed by atoms with Gasteiger partial charge in [-0.15, -0.1) is 0 Å². The van der Waals surface area contributed by atoms with E-state index in [1.54, 1.807) is 4.68 Å². The Hall–Kier alpha value is -2.47. The second-order valence-electron chi connectivity index (χ2n) is 5.95. The van der Waals surface area contributed by atoms with Gasteiger partial charge in [0.05, 0.1) is 0 Å². The molecule has 2 aromatic carbocycles. The number of allylic oxidation sites excluding steroid dienone is 1. The van der Waals surface area contributed by atoms with Crippen molar-refractivity contribution in [3.8, 4) is 0 Å². The molecule has 0 bridgehead atoms. The standard InChI is InChI=1S/C18H16BrN5/c1-11-6-7-13(8-12(11)2)16-10-17(14-4-3-5-15(19)9-14)24-18(20-16)21-22-23-24/h3-10,17H,1-2H3,(H,20,21,23)/t17-/m1/s1. The predicted molar refractivity (Wildman–Crippen MR) is 97.6 cm³/mol. The second-order valence-corrected chi connectivity index (χ2v) is 6.87. The molecule has 3 aromatic rings. The second kappa shape index (κ2) is 5.87. The highest BCUT2D eigenvalue weighted by molar-refractivity contribution is 9.10. The number of benzene rings is 2. The third kappa shape index (κ3) is 2.63. The van der Waals surface area contributed by atoms with Crippen LogP contribution in [0.25, 0.3) is 5.70 Å². The van der Waals surface area contributed by atoms with Gasteiger partial charge >= 0.3 is 0 Å². The Kier molecular flexibility index (Phi) is 3.69. The van der Waals surface area contributed by atoms with Crippen molar-refractivity contribution in [2.45, 2.75) is 19.9 Å². The molecule has 5 nitrogen and oxygen atoms in total. The molecule has 24 heavy (non-hydrogen) atoms. The van der Waals surface area contributed by atoms with Gasteiger partial charge in [0.2, 0.25) is 5.95 Å². The number of rotatable bonds is 2. The number of nitrogens with zero attached hydrogens (tertiary/aromatic N) is 4. The lowest BCUT2D eigenvalue weighted by Gasteiger charge is -2.24. The van der Waals surface area contributed by atoms with Crippen molar-refractivity contribution in [1.29, 1.82) is 0 Å². The summed E-state index contributed by atoms with van der Waals surface area (Å²) in [5.41, 5.74) is 5.82. The van der Waals surface area contributed by atoms with Gasteiger partial charge in [0.1, 0.15) is 6.04 Å². The molecule has 1 N–H and O–H groups in total. The van der Waals surface area contributed by atoms with E-state index in [0.717, 1.165) is 21.3 Å². The number of nitrogens with one attached hydrogen (secondary N) is 1. The van der Waals surface area contributed by atoms with E-state index in [4.69, 9.17) is 0 Å². The zero-order chi connectivity index (χ0) is 16.7.